The van der Waals surface area contributed by atoms with Crippen LogP contribution in [0.15, 0.2) is 0 Å². The van der Waals surface area contributed by atoms with Gasteiger partial charge in [0.05, 0.1) is 12.2 Å². The topological polar surface area (TPSA) is 30.5 Å². The highest BCUT2D eigenvalue weighted by Gasteiger charge is 2.33. The van der Waals surface area contributed by atoms with Crippen molar-refractivity contribution in [1.82, 2.24) is 5.32 Å². The smallest absolute Gasteiger partial charge is 0.0598 e. The van der Waals surface area contributed by atoms with Crippen LogP contribution in [0.1, 0.15) is 53.9 Å². The second-order valence-corrected chi connectivity index (χ2v) is 6.90. The number of rotatable bonds is 6. The van der Waals surface area contributed by atoms with Crippen molar-refractivity contribution in [2.75, 3.05) is 26.4 Å². The van der Waals surface area contributed by atoms with Crippen LogP contribution in [0.5, 0.6) is 0 Å². The number of hydrogen-bond acceptors (Lipinski definition) is 3. The second-order valence-electron chi connectivity index (χ2n) is 6.90. The van der Waals surface area contributed by atoms with E-state index in [9.17, 15) is 0 Å². The Balaban J connectivity index is 2.44. The molecular weight excluding hydrogens is 226 g/mol. The van der Waals surface area contributed by atoms with Crippen molar-refractivity contribution in [3.8, 4) is 0 Å². The van der Waals surface area contributed by atoms with Crippen molar-refractivity contribution in [2.45, 2.75) is 65.5 Å². The van der Waals surface area contributed by atoms with Gasteiger partial charge in [-0.2, -0.15) is 0 Å². The Hall–Kier alpha value is -0.120. The summed E-state index contributed by atoms with van der Waals surface area (Å²) in [4.78, 5) is 0. The van der Waals surface area contributed by atoms with Gasteiger partial charge in [0.25, 0.3) is 0 Å². The minimum Gasteiger partial charge on any atom is -0.381 e. The second kappa shape index (κ2) is 6.88. The fourth-order valence-electron chi connectivity index (χ4n) is 2.33. The Morgan fingerprint density at radius 1 is 1.33 bits per heavy atom. The molecule has 108 valence electrons. The Kier molecular flexibility index (Phi) is 6.09. The van der Waals surface area contributed by atoms with Crippen LogP contribution in [-0.2, 0) is 9.47 Å². The van der Waals surface area contributed by atoms with E-state index in [-0.39, 0.29) is 11.0 Å². The third kappa shape index (κ3) is 6.17. The largest absolute Gasteiger partial charge is 0.381 e. The normalized spacial score (nSPS) is 25.7. The maximum absolute atomic E-state index is 5.88. The molecule has 1 fully saturated rings. The lowest BCUT2D eigenvalue weighted by Crippen LogP contribution is -2.44. The molecule has 0 aliphatic carbocycles. The highest BCUT2D eigenvalue weighted by atomic mass is 16.5. The fraction of sp³-hybridized carbons (Fsp3) is 1.00. The minimum atomic E-state index is -0.0395. The third-order valence-electron chi connectivity index (χ3n) is 3.46. The van der Waals surface area contributed by atoms with Crippen LogP contribution in [-0.4, -0.2) is 38.0 Å². The summed E-state index contributed by atoms with van der Waals surface area (Å²) in [7, 11) is 0. The number of hydrogen-bond donors (Lipinski definition) is 1. The standard InChI is InChI=1S/C15H31NO2/c1-13(2)16-11-15(7-6-9-17-12-15)8-10-18-14(3,4)5/h13,16H,6-12H2,1-5H3. The molecule has 0 radical (unpaired) electrons. The zero-order valence-corrected chi connectivity index (χ0v) is 12.8. The first kappa shape index (κ1) is 15.9. The summed E-state index contributed by atoms with van der Waals surface area (Å²) in [6.45, 7) is 14.4. The molecule has 3 nitrogen and oxygen atoms in total. The van der Waals surface area contributed by atoms with E-state index in [2.05, 4.69) is 39.9 Å². The minimum absolute atomic E-state index is 0.0395. The molecule has 3 heteroatoms. The van der Waals surface area contributed by atoms with E-state index >= 15 is 0 Å². The summed E-state index contributed by atoms with van der Waals surface area (Å²) < 4.78 is 11.6. The predicted molar refractivity (Wildman–Crippen MR) is 75.9 cm³/mol. The molecule has 1 heterocycles. The molecule has 18 heavy (non-hydrogen) atoms. The van der Waals surface area contributed by atoms with Crippen molar-refractivity contribution in [2.24, 2.45) is 5.41 Å². The zero-order valence-electron chi connectivity index (χ0n) is 12.8. The van der Waals surface area contributed by atoms with Gasteiger partial charge in [-0.1, -0.05) is 13.8 Å². The SMILES string of the molecule is CC(C)NCC1(CCOC(C)(C)C)CCCOC1. The summed E-state index contributed by atoms with van der Waals surface area (Å²) in [6, 6.07) is 0.535. The Morgan fingerprint density at radius 2 is 2.06 bits per heavy atom. The summed E-state index contributed by atoms with van der Waals surface area (Å²) in [5, 5.41) is 3.57. The van der Waals surface area contributed by atoms with Crippen molar-refractivity contribution >= 4 is 0 Å². The van der Waals surface area contributed by atoms with Gasteiger partial charge in [-0.05, 0) is 40.0 Å². The third-order valence-corrected chi connectivity index (χ3v) is 3.46. The van der Waals surface area contributed by atoms with E-state index in [1.54, 1.807) is 0 Å². The maximum atomic E-state index is 5.88. The first-order valence-electron chi connectivity index (χ1n) is 7.28. The van der Waals surface area contributed by atoms with Gasteiger partial charge in [0.1, 0.15) is 0 Å². The molecule has 0 bridgehead atoms. The lowest BCUT2D eigenvalue weighted by Gasteiger charge is -2.38. The molecule has 0 aromatic heterocycles. The number of ether oxygens (including phenoxy) is 2. The quantitative estimate of drug-likeness (QED) is 0.793. The van der Waals surface area contributed by atoms with E-state index in [0.717, 1.165) is 32.8 Å². The molecule has 1 rings (SSSR count). The first-order chi connectivity index (χ1) is 8.33. The van der Waals surface area contributed by atoms with E-state index in [1.807, 2.05) is 0 Å². The molecule has 0 amide bonds. The molecule has 1 aliphatic heterocycles. The van der Waals surface area contributed by atoms with Crippen molar-refractivity contribution in [3.63, 3.8) is 0 Å². The van der Waals surface area contributed by atoms with Gasteiger partial charge in [-0.15, -0.1) is 0 Å². The molecule has 1 atom stereocenters. The van der Waals surface area contributed by atoms with Crippen LogP contribution in [0.25, 0.3) is 0 Å². The Labute approximate surface area is 113 Å². The van der Waals surface area contributed by atoms with E-state index in [1.165, 1.54) is 12.8 Å². The monoisotopic (exact) mass is 257 g/mol. The van der Waals surface area contributed by atoms with Gasteiger partial charge in [0.2, 0.25) is 0 Å². The molecule has 0 spiro atoms. The molecule has 1 saturated heterocycles. The number of nitrogens with one attached hydrogen (secondary N) is 1. The van der Waals surface area contributed by atoms with Crippen LogP contribution >= 0.6 is 0 Å². The van der Waals surface area contributed by atoms with Gasteiger partial charge in [0, 0.05) is 31.2 Å². The highest BCUT2D eigenvalue weighted by Crippen LogP contribution is 2.32. The average Bonchev–Trinajstić information content (AvgIpc) is 2.26. The lowest BCUT2D eigenvalue weighted by molar-refractivity contribution is -0.0557. The maximum Gasteiger partial charge on any atom is 0.0598 e. The van der Waals surface area contributed by atoms with Crippen molar-refractivity contribution in [1.29, 1.82) is 0 Å². The molecule has 1 unspecified atom stereocenters. The Morgan fingerprint density at radius 3 is 2.56 bits per heavy atom. The van der Waals surface area contributed by atoms with Crippen molar-refractivity contribution < 1.29 is 9.47 Å². The van der Waals surface area contributed by atoms with E-state index in [0.29, 0.717) is 6.04 Å². The van der Waals surface area contributed by atoms with Gasteiger partial charge in [-0.25, -0.2) is 0 Å². The van der Waals surface area contributed by atoms with Crippen LogP contribution in [0.4, 0.5) is 0 Å². The molecule has 0 aromatic carbocycles. The van der Waals surface area contributed by atoms with Gasteiger partial charge >= 0.3 is 0 Å². The first-order valence-corrected chi connectivity index (χ1v) is 7.28. The van der Waals surface area contributed by atoms with E-state index in [4.69, 9.17) is 9.47 Å². The van der Waals surface area contributed by atoms with Crippen LogP contribution in [0.2, 0.25) is 0 Å². The van der Waals surface area contributed by atoms with Crippen molar-refractivity contribution in [3.05, 3.63) is 0 Å². The van der Waals surface area contributed by atoms with Crippen LogP contribution < -0.4 is 5.32 Å². The fourth-order valence-corrected chi connectivity index (χ4v) is 2.33. The predicted octanol–water partition coefficient (Wildman–Crippen LogP) is 2.99. The zero-order chi connectivity index (χ0) is 13.6. The van der Waals surface area contributed by atoms with Crippen LogP contribution in [0.3, 0.4) is 0 Å². The van der Waals surface area contributed by atoms with Crippen LogP contribution in [0, 0.1) is 5.41 Å². The molecule has 0 saturated carbocycles. The summed E-state index contributed by atoms with van der Waals surface area (Å²) in [5.74, 6) is 0. The summed E-state index contributed by atoms with van der Waals surface area (Å²) >= 11 is 0. The van der Waals surface area contributed by atoms with Gasteiger partial charge in [0.15, 0.2) is 0 Å². The average molecular weight is 257 g/mol. The highest BCUT2D eigenvalue weighted by molar-refractivity contribution is 4.85. The summed E-state index contributed by atoms with van der Waals surface area (Å²) in [6.07, 6.45) is 3.51. The summed E-state index contributed by atoms with van der Waals surface area (Å²) in [5.41, 5.74) is 0.232. The molecule has 1 N–H and O–H groups in total. The molecular formula is C15H31NO2. The Bertz CT molecular complexity index is 227. The lowest BCUT2D eigenvalue weighted by atomic mass is 9.79. The molecule has 0 aromatic rings. The van der Waals surface area contributed by atoms with Gasteiger partial charge < -0.3 is 14.8 Å². The van der Waals surface area contributed by atoms with E-state index < -0.39 is 0 Å². The molecule has 1 aliphatic rings. The van der Waals surface area contributed by atoms with Gasteiger partial charge in [-0.3, -0.25) is 0 Å².